The van der Waals surface area contributed by atoms with E-state index in [2.05, 4.69) is 10.1 Å². The second-order valence-electron chi connectivity index (χ2n) is 4.55. The first-order valence-electron chi connectivity index (χ1n) is 6.49. The highest BCUT2D eigenvalue weighted by molar-refractivity contribution is 6.32. The van der Waals surface area contributed by atoms with E-state index in [1.165, 1.54) is 20.3 Å². The van der Waals surface area contributed by atoms with Crippen LogP contribution in [0.2, 0.25) is 5.02 Å². The van der Waals surface area contributed by atoms with Gasteiger partial charge in [-0.15, -0.1) is 0 Å². The van der Waals surface area contributed by atoms with Gasteiger partial charge in [-0.3, -0.25) is 0 Å². The van der Waals surface area contributed by atoms with Gasteiger partial charge in [-0.2, -0.15) is 0 Å². The Morgan fingerprint density at radius 3 is 2.60 bits per heavy atom. The summed E-state index contributed by atoms with van der Waals surface area (Å²) in [5.74, 6) is 0.462. The first-order valence-corrected chi connectivity index (χ1v) is 6.86. The monoisotopic (exact) mass is 299 g/mol. The lowest BCUT2D eigenvalue weighted by Gasteiger charge is -2.25. The number of rotatable bonds is 4. The highest BCUT2D eigenvalue weighted by Crippen LogP contribution is 2.38. The lowest BCUT2D eigenvalue weighted by Crippen LogP contribution is -2.34. The van der Waals surface area contributed by atoms with Crippen LogP contribution in [0.25, 0.3) is 0 Å². The average molecular weight is 300 g/mol. The predicted octanol–water partition coefficient (Wildman–Crippen LogP) is 2.27. The Morgan fingerprint density at radius 1 is 1.30 bits per heavy atom. The molecule has 1 N–H and O–H groups in total. The van der Waals surface area contributed by atoms with Crippen molar-refractivity contribution in [3.05, 3.63) is 22.7 Å². The third kappa shape index (κ3) is 3.35. The van der Waals surface area contributed by atoms with Gasteiger partial charge >= 0.3 is 5.97 Å². The van der Waals surface area contributed by atoms with Crippen molar-refractivity contribution in [3.63, 3.8) is 0 Å². The Balaban J connectivity index is 2.25. The molecular formula is C14H18ClNO4. The maximum absolute atomic E-state index is 11.5. The number of nitrogens with one attached hydrogen (secondary N) is 1. The van der Waals surface area contributed by atoms with Gasteiger partial charge in [-0.1, -0.05) is 11.6 Å². The minimum Gasteiger partial charge on any atom is -0.493 e. The molecule has 1 heterocycles. The van der Waals surface area contributed by atoms with Crippen LogP contribution >= 0.6 is 11.6 Å². The van der Waals surface area contributed by atoms with E-state index >= 15 is 0 Å². The standard InChI is InChI=1S/C14H18ClNO4/c1-18-12-8-9(14(17)19-2)7-11(15)13(12)20-10-3-5-16-6-4-10/h7-8,10,16H,3-6H2,1-2H3. The summed E-state index contributed by atoms with van der Waals surface area (Å²) >= 11 is 6.21. The molecule has 0 atom stereocenters. The van der Waals surface area contributed by atoms with Crippen LogP contribution in [0.4, 0.5) is 0 Å². The van der Waals surface area contributed by atoms with Crippen LogP contribution in [0.5, 0.6) is 11.5 Å². The molecule has 0 unspecified atom stereocenters. The molecule has 0 saturated carbocycles. The number of ether oxygens (including phenoxy) is 3. The fourth-order valence-electron chi connectivity index (χ4n) is 2.15. The molecule has 1 fully saturated rings. The van der Waals surface area contributed by atoms with Gasteiger partial charge in [-0.25, -0.2) is 4.79 Å². The molecule has 20 heavy (non-hydrogen) atoms. The number of esters is 1. The average Bonchev–Trinajstić information content (AvgIpc) is 2.49. The third-order valence-corrected chi connectivity index (χ3v) is 3.50. The SMILES string of the molecule is COC(=O)c1cc(Cl)c(OC2CCNCC2)c(OC)c1. The van der Waals surface area contributed by atoms with Gasteiger partial charge in [-0.05, 0) is 38.1 Å². The first-order chi connectivity index (χ1) is 9.65. The van der Waals surface area contributed by atoms with Crippen molar-refractivity contribution in [2.75, 3.05) is 27.3 Å². The van der Waals surface area contributed by atoms with E-state index in [1.807, 2.05) is 0 Å². The van der Waals surface area contributed by atoms with Crippen LogP contribution in [-0.2, 0) is 4.74 Å². The van der Waals surface area contributed by atoms with Crippen LogP contribution in [-0.4, -0.2) is 39.4 Å². The van der Waals surface area contributed by atoms with Crippen molar-refractivity contribution in [2.24, 2.45) is 0 Å². The summed E-state index contributed by atoms with van der Waals surface area (Å²) in [6.45, 7) is 1.84. The molecule has 0 spiro atoms. The number of hydrogen-bond donors (Lipinski definition) is 1. The normalized spacial score (nSPS) is 15.8. The van der Waals surface area contributed by atoms with Gasteiger partial charge < -0.3 is 19.5 Å². The molecule has 110 valence electrons. The van der Waals surface area contributed by atoms with Crippen molar-refractivity contribution in [1.29, 1.82) is 0 Å². The first kappa shape index (κ1) is 14.9. The minimum atomic E-state index is -0.460. The molecule has 1 aliphatic rings. The smallest absolute Gasteiger partial charge is 0.338 e. The molecule has 1 aromatic carbocycles. The van der Waals surface area contributed by atoms with Crippen LogP contribution in [0, 0.1) is 0 Å². The molecule has 0 bridgehead atoms. The van der Waals surface area contributed by atoms with Crippen molar-refractivity contribution in [2.45, 2.75) is 18.9 Å². The van der Waals surface area contributed by atoms with Gasteiger partial charge in [0.15, 0.2) is 11.5 Å². The molecule has 2 rings (SSSR count). The van der Waals surface area contributed by atoms with Gasteiger partial charge in [0.1, 0.15) is 6.10 Å². The topological polar surface area (TPSA) is 56.8 Å². The van der Waals surface area contributed by atoms with Crippen LogP contribution < -0.4 is 14.8 Å². The zero-order valence-corrected chi connectivity index (χ0v) is 12.3. The molecule has 0 radical (unpaired) electrons. The molecule has 1 aliphatic heterocycles. The minimum absolute atomic E-state index is 0.103. The summed E-state index contributed by atoms with van der Waals surface area (Å²) in [6.07, 6.45) is 1.93. The number of piperidine rings is 1. The van der Waals surface area contributed by atoms with E-state index in [9.17, 15) is 4.79 Å². The highest BCUT2D eigenvalue weighted by atomic mass is 35.5. The summed E-state index contributed by atoms with van der Waals surface area (Å²) in [5.41, 5.74) is 0.340. The second kappa shape index (κ2) is 6.81. The summed E-state index contributed by atoms with van der Waals surface area (Å²) in [7, 11) is 2.84. The van der Waals surface area contributed by atoms with E-state index in [0.29, 0.717) is 22.1 Å². The highest BCUT2D eigenvalue weighted by Gasteiger charge is 2.21. The Kier molecular flexibility index (Phi) is 5.09. The predicted molar refractivity (Wildman–Crippen MR) is 75.9 cm³/mol. The van der Waals surface area contributed by atoms with E-state index in [4.69, 9.17) is 21.1 Å². The van der Waals surface area contributed by atoms with Gasteiger partial charge in [0.05, 0.1) is 24.8 Å². The van der Waals surface area contributed by atoms with Crippen molar-refractivity contribution >= 4 is 17.6 Å². The van der Waals surface area contributed by atoms with Crippen molar-refractivity contribution in [1.82, 2.24) is 5.32 Å². The van der Waals surface area contributed by atoms with Crippen molar-refractivity contribution < 1.29 is 19.0 Å². The number of halogens is 1. The molecule has 1 aromatic rings. The number of carbonyl (C=O) groups is 1. The fraction of sp³-hybridized carbons (Fsp3) is 0.500. The van der Waals surface area contributed by atoms with Gasteiger partial charge in [0.2, 0.25) is 0 Å². The number of benzene rings is 1. The molecule has 0 amide bonds. The van der Waals surface area contributed by atoms with Crippen LogP contribution in [0.1, 0.15) is 23.2 Å². The summed E-state index contributed by atoms with van der Waals surface area (Å²) < 4.78 is 15.9. The zero-order chi connectivity index (χ0) is 14.5. The molecule has 6 heteroatoms. The molecule has 0 aliphatic carbocycles. The molecule has 1 saturated heterocycles. The summed E-state index contributed by atoms with van der Waals surface area (Å²) in [6, 6.07) is 3.11. The molecule has 5 nitrogen and oxygen atoms in total. The van der Waals surface area contributed by atoms with Gasteiger partial charge in [0, 0.05) is 0 Å². The number of methoxy groups -OCH3 is 2. The fourth-order valence-corrected chi connectivity index (χ4v) is 2.41. The maximum Gasteiger partial charge on any atom is 0.338 e. The molecule has 0 aromatic heterocycles. The van der Waals surface area contributed by atoms with E-state index in [1.54, 1.807) is 6.07 Å². The van der Waals surface area contributed by atoms with Gasteiger partial charge in [0.25, 0.3) is 0 Å². The largest absolute Gasteiger partial charge is 0.493 e. The van der Waals surface area contributed by atoms with E-state index < -0.39 is 5.97 Å². The summed E-state index contributed by atoms with van der Waals surface area (Å²) in [5, 5.41) is 3.62. The maximum atomic E-state index is 11.5. The zero-order valence-electron chi connectivity index (χ0n) is 11.6. The molecular weight excluding hydrogens is 282 g/mol. The lowest BCUT2D eigenvalue weighted by atomic mass is 10.1. The van der Waals surface area contributed by atoms with E-state index in [-0.39, 0.29) is 6.10 Å². The second-order valence-corrected chi connectivity index (χ2v) is 4.96. The lowest BCUT2D eigenvalue weighted by molar-refractivity contribution is 0.0600. The van der Waals surface area contributed by atoms with Crippen molar-refractivity contribution in [3.8, 4) is 11.5 Å². The van der Waals surface area contributed by atoms with E-state index in [0.717, 1.165) is 25.9 Å². The Bertz CT molecular complexity index is 486. The Labute approximate surface area is 123 Å². The number of carbonyl (C=O) groups excluding carboxylic acids is 1. The quantitative estimate of drug-likeness (QED) is 0.864. The Morgan fingerprint density at radius 2 is 2.00 bits per heavy atom. The van der Waals surface area contributed by atoms with Crippen LogP contribution in [0.15, 0.2) is 12.1 Å². The number of hydrogen-bond acceptors (Lipinski definition) is 5. The summed E-state index contributed by atoms with van der Waals surface area (Å²) in [4.78, 5) is 11.5. The Hall–Kier alpha value is -1.46. The third-order valence-electron chi connectivity index (χ3n) is 3.22. The van der Waals surface area contributed by atoms with Crippen LogP contribution in [0.3, 0.4) is 0 Å².